The van der Waals surface area contributed by atoms with E-state index < -0.39 is 18.5 Å². The second kappa shape index (κ2) is 4.81. The van der Waals surface area contributed by atoms with Gasteiger partial charge in [0.25, 0.3) is 0 Å². The first kappa shape index (κ1) is 12.6. The van der Waals surface area contributed by atoms with Crippen LogP contribution in [0.2, 0.25) is 0 Å². The van der Waals surface area contributed by atoms with Gasteiger partial charge in [-0.25, -0.2) is 14.6 Å². The molecule has 0 saturated carbocycles. The number of aromatic nitrogens is 1. The first-order valence-corrected chi connectivity index (χ1v) is 5.19. The topological polar surface area (TPSA) is 117 Å². The van der Waals surface area contributed by atoms with Gasteiger partial charge in [-0.2, -0.15) is 0 Å². The number of ether oxygens (including phenoxy) is 1. The number of nitrogens with zero attached hydrogens (tertiary/aromatic N) is 1. The molecule has 0 aliphatic heterocycles. The number of carbonyl (C=O) groups is 2. The van der Waals surface area contributed by atoms with E-state index in [2.05, 4.69) is 4.98 Å². The molecule has 2 rings (SSSR count). The minimum absolute atomic E-state index is 0.245. The summed E-state index contributed by atoms with van der Waals surface area (Å²) in [5.41, 5.74) is 0.00396. The third kappa shape index (κ3) is 2.71. The van der Waals surface area contributed by atoms with E-state index in [1.54, 1.807) is 0 Å². The van der Waals surface area contributed by atoms with Crippen LogP contribution < -0.4 is 4.74 Å². The molecule has 1 aromatic carbocycles. The van der Waals surface area contributed by atoms with Crippen LogP contribution in [0, 0.1) is 0 Å². The van der Waals surface area contributed by atoms with Crippen molar-refractivity contribution in [2.24, 2.45) is 0 Å². The Kier molecular flexibility index (Phi) is 3.19. The number of aromatic carboxylic acids is 1. The van der Waals surface area contributed by atoms with Crippen LogP contribution in [0.25, 0.3) is 10.9 Å². The SMILES string of the molecule is O=C(O)COc1ccc2nc(C(=O)O)cc(O)c2c1. The van der Waals surface area contributed by atoms with Crippen LogP contribution in [0.4, 0.5) is 0 Å². The van der Waals surface area contributed by atoms with Crippen molar-refractivity contribution in [3.63, 3.8) is 0 Å². The molecule has 0 saturated heterocycles. The Hall–Kier alpha value is -2.83. The first-order chi connectivity index (χ1) is 8.97. The molecule has 0 atom stereocenters. The van der Waals surface area contributed by atoms with Crippen molar-refractivity contribution in [3.8, 4) is 11.5 Å². The van der Waals surface area contributed by atoms with E-state index in [4.69, 9.17) is 14.9 Å². The van der Waals surface area contributed by atoms with Gasteiger partial charge in [0.15, 0.2) is 12.3 Å². The fourth-order valence-corrected chi connectivity index (χ4v) is 1.53. The number of pyridine rings is 1. The van der Waals surface area contributed by atoms with Crippen LogP contribution in [0.1, 0.15) is 10.5 Å². The van der Waals surface area contributed by atoms with Crippen LogP contribution >= 0.6 is 0 Å². The highest BCUT2D eigenvalue weighted by atomic mass is 16.5. The molecule has 0 aliphatic rings. The Bertz CT molecular complexity index is 667. The molecular formula is C12H9NO6. The lowest BCUT2D eigenvalue weighted by Gasteiger charge is -2.06. The minimum Gasteiger partial charge on any atom is -0.507 e. The quantitative estimate of drug-likeness (QED) is 0.756. The van der Waals surface area contributed by atoms with E-state index >= 15 is 0 Å². The molecule has 3 N–H and O–H groups in total. The molecule has 0 radical (unpaired) electrons. The average molecular weight is 263 g/mol. The van der Waals surface area contributed by atoms with Crippen LogP contribution in [-0.2, 0) is 4.79 Å². The molecule has 2 aromatic rings. The summed E-state index contributed by atoms with van der Waals surface area (Å²) in [6.45, 7) is -0.507. The Balaban J connectivity index is 2.43. The van der Waals surface area contributed by atoms with Gasteiger partial charge in [0.05, 0.1) is 5.52 Å². The van der Waals surface area contributed by atoms with Crippen molar-refractivity contribution in [1.29, 1.82) is 0 Å². The molecule has 0 bridgehead atoms. The molecule has 7 nitrogen and oxygen atoms in total. The molecule has 0 fully saturated rings. The Morgan fingerprint density at radius 1 is 1.21 bits per heavy atom. The van der Waals surface area contributed by atoms with Gasteiger partial charge in [0.2, 0.25) is 0 Å². The van der Waals surface area contributed by atoms with Gasteiger partial charge < -0.3 is 20.1 Å². The summed E-state index contributed by atoms with van der Waals surface area (Å²) in [6.07, 6.45) is 0. The van der Waals surface area contributed by atoms with Gasteiger partial charge in [0.1, 0.15) is 11.5 Å². The van der Waals surface area contributed by atoms with Gasteiger partial charge in [-0.15, -0.1) is 0 Å². The third-order valence-corrected chi connectivity index (χ3v) is 2.34. The summed E-state index contributed by atoms with van der Waals surface area (Å²) in [5, 5.41) is 27.3. The summed E-state index contributed by atoms with van der Waals surface area (Å²) < 4.78 is 4.95. The molecule has 7 heteroatoms. The average Bonchev–Trinajstić information content (AvgIpc) is 2.36. The predicted molar refractivity (Wildman–Crippen MR) is 63.5 cm³/mol. The summed E-state index contributed by atoms with van der Waals surface area (Å²) >= 11 is 0. The maximum Gasteiger partial charge on any atom is 0.354 e. The van der Waals surface area contributed by atoms with Gasteiger partial charge in [-0.3, -0.25) is 0 Å². The van der Waals surface area contributed by atoms with Gasteiger partial charge in [-0.1, -0.05) is 0 Å². The van der Waals surface area contributed by atoms with Crippen LogP contribution in [0.15, 0.2) is 24.3 Å². The first-order valence-electron chi connectivity index (χ1n) is 5.19. The molecule has 0 aliphatic carbocycles. The van der Waals surface area contributed by atoms with Crippen LogP contribution in [0.5, 0.6) is 11.5 Å². The van der Waals surface area contributed by atoms with Crippen molar-refractivity contribution in [2.45, 2.75) is 0 Å². The Morgan fingerprint density at radius 2 is 1.95 bits per heavy atom. The van der Waals surface area contributed by atoms with E-state index in [1.807, 2.05) is 0 Å². The van der Waals surface area contributed by atoms with Crippen LogP contribution in [0.3, 0.4) is 0 Å². The number of aliphatic carboxylic acids is 1. The molecule has 0 amide bonds. The van der Waals surface area contributed by atoms with Gasteiger partial charge in [-0.05, 0) is 18.2 Å². The number of hydrogen-bond donors (Lipinski definition) is 3. The second-order valence-corrected chi connectivity index (χ2v) is 3.69. The standard InChI is InChI=1S/C12H9NO6/c14-10-4-9(12(17)18)13-8-2-1-6(3-7(8)10)19-5-11(15)16/h1-4H,5H2,(H,13,14)(H,15,16)(H,17,18). The number of carboxylic acids is 2. The largest absolute Gasteiger partial charge is 0.507 e. The maximum absolute atomic E-state index is 10.8. The fraction of sp³-hybridized carbons (Fsp3) is 0.0833. The number of carboxylic acid groups (broad SMARTS) is 2. The van der Waals surface area contributed by atoms with E-state index in [0.29, 0.717) is 0 Å². The van der Waals surface area contributed by atoms with E-state index in [9.17, 15) is 14.7 Å². The molecular weight excluding hydrogens is 254 g/mol. The third-order valence-electron chi connectivity index (χ3n) is 2.34. The molecule has 0 spiro atoms. The lowest BCUT2D eigenvalue weighted by molar-refractivity contribution is -0.139. The van der Waals surface area contributed by atoms with Crippen molar-refractivity contribution >= 4 is 22.8 Å². The van der Waals surface area contributed by atoms with E-state index in [-0.39, 0.29) is 28.1 Å². The number of aromatic hydroxyl groups is 1. The lowest BCUT2D eigenvalue weighted by atomic mass is 10.1. The highest BCUT2D eigenvalue weighted by molar-refractivity contribution is 5.93. The lowest BCUT2D eigenvalue weighted by Crippen LogP contribution is -2.09. The summed E-state index contributed by atoms with van der Waals surface area (Å²) in [5.74, 6) is -2.38. The predicted octanol–water partition coefficient (Wildman–Crippen LogP) is 1.10. The van der Waals surface area contributed by atoms with Gasteiger partial charge >= 0.3 is 11.9 Å². The summed E-state index contributed by atoms with van der Waals surface area (Å²) in [4.78, 5) is 25.0. The number of hydrogen-bond acceptors (Lipinski definition) is 5. The normalized spacial score (nSPS) is 10.3. The molecule has 1 heterocycles. The van der Waals surface area contributed by atoms with E-state index in [1.165, 1.54) is 18.2 Å². The zero-order valence-corrected chi connectivity index (χ0v) is 9.53. The number of benzene rings is 1. The summed E-state index contributed by atoms with van der Waals surface area (Å²) in [6, 6.07) is 5.31. The monoisotopic (exact) mass is 263 g/mol. The van der Waals surface area contributed by atoms with Crippen molar-refractivity contribution in [3.05, 3.63) is 30.0 Å². The zero-order chi connectivity index (χ0) is 14.0. The fourth-order valence-electron chi connectivity index (χ4n) is 1.53. The molecule has 19 heavy (non-hydrogen) atoms. The maximum atomic E-state index is 10.8. The highest BCUT2D eigenvalue weighted by Gasteiger charge is 2.11. The Morgan fingerprint density at radius 3 is 2.58 bits per heavy atom. The summed E-state index contributed by atoms with van der Waals surface area (Å²) in [7, 11) is 0. The number of rotatable bonds is 4. The van der Waals surface area contributed by atoms with Crippen LogP contribution in [-0.4, -0.2) is 38.8 Å². The van der Waals surface area contributed by atoms with E-state index in [0.717, 1.165) is 6.07 Å². The smallest absolute Gasteiger partial charge is 0.354 e. The highest BCUT2D eigenvalue weighted by Crippen LogP contribution is 2.28. The number of fused-ring (bicyclic) bond motifs is 1. The van der Waals surface area contributed by atoms with Crippen molar-refractivity contribution in [1.82, 2.24) is 4.98 Å². The molecule has 1 aromatic heterocycles. The zero-order valence-electron chi connectivity index (χ0n) is 9.53. The minimum atomic E-state index is -1.25. The van der Waals surface area contributed by atoms with Gasteiger partial charge in [0, 0.05) is 11.5 Å². The molecule has 0 unspecified atom stereocenters. The Labute approximate surface area is 106 Å². The molecule has 98 valence electrons. The van der Waals surface area contributed by atoms with Crippen molar-refractivity contribution in [2.75, 3.05) is 6.61 Å². The second-order valence-electron chi connectivity index (χ2n) is 3.69. The van der Waals surface area contributed by atoms with Crippen molar-refractivity contribution < 1.29 is 29.6 Å².